The summed E-state index contributed by atoms with van der Waals surface area (Å²) in [6, 6.07) is 4.36. The van der Waals surface area contributed by atoms with Gasteiger partial charge in [-0.15, -0.1) is 0 Å². The lowest BCUT2D eigenvalue weighted by molar-refractivity contribution is -0.129. The van der Waals surface area contributed by atoms with Gasteiger partial charge in [0.05, 0.1) is 5.69 Å². The summed E-state index contributed by atoms with van der Waals surface area (Å²) in [7, 11) is 0. The summed E-state index contributed by atoms with van der Waals surface area (Å²) in [5.74, 6) is -2.44. The molecule has 0 saturated heterocycles. The molecule has 6 nitrogen and oxygen atoms in total. The topological polar surface area (TPSA) is 88.0 Å². The van der Waals surface area contributed by atoms with E-state index in [0.29, 0.717) is 0 Å². The van der Waals surface area contributed by atoms with Gasteiger partial charge in [0.2, 0.25) is 6.10 Å². The standard InChI is InChI=1S/C12H11FN2O4/c1-6-2-3-8(7(13)4-6)14-11(16)10-5-9(12(17)18)15-19-10/h2-4,10H,5H2,1H3,(H,14,16)(H,17,18). The number of benzene rings is 1. The molecular weight excluding hydrogens is 255 g/mol. The quantitative estimate of drug-likeness (QED) is 0.863. The van der Waals surface area contributed by atoms with Gasteiger partial charge in [-0.2, -0.15) is 0 Å². The molecule has 100 valence electrons. The number of hydrogen-bond donors (Lipinski definition) is 2. The van der Waals surface area contributed by atoms with Crippen molar-refractivity contribution in [2.75, 3.05) is 5.32 Å². The number of halogens is 1. The average molecular weight is 266 g/mol. The van der Waals surface area contributed by atoms with Crippen molar-refractivity contribution < 1.29 is 23.9 Å². The summed E-state index contributed by atoms with van der Waals surface area (Å²) >= 11 is 0. The highest BCUT2D eigenvalue weighted by atomic mass is 19.1. The van der Waals surface area contributed by atoms with E-state index in [4.69, 9.17) is 9.94 Å². The Bertz CT molecular complexity index is 571. The molecule has 1 amide bonds. The van der Waals surface area contributed by atoms with E-state index in [2.05, 4.69) is 10.5 Å². The molecule has 7 heteroatoms. The van der Waals surface area contributed by atoms with E-state index >= 15 is 0 Å². The van der Waals surface area contributed by atoms with Gasteiger partial charge in [-0.05, 0) is 24.6 Å². The Hall–Kier alpha value is -2.44. The molecule has 1 aliphatic heterocycles. The molecule has 19 heavy (non-hydrogen) atoms. The Morgan fingerprint density at radius 3 is 2.84 bits per heavy atom. The number of carbonyl (C=O) groups excluding carboxylic acids is 1. The monoisotopic (exact) mass is 266 g/mol. The summed E-state index contributed by atoms with van der Waals surface area (Å²) in [5, 5.41) is 14.3. The predicted molar refractivity (Wildman–Crippen MR) is 64.3 cm³/mol. The normalized spacial score (nSPS) is 17.6. The zero-order valence-corrected chi connectivity index (χ0v) is 10.0. The maximum atomic E-state index is 13.5. The van der Waals surface area contributed by atoms with Crippen molar-refractivity contribution in [3.8, 4) is 0 Å². The second-order valence-corrected chi connectivity index (χ2v) is 4.11. The minimum atomic E-state index is -1.24. The smallest absolute Gasteiger partial charge is 0.353 e. The lowest BCUT2D eigenvalue weighted by atomic mass is 10.1. The van der Waals surface area contributed by atoms with E-state index in [-0.39, 0.29) is 17.8 Å². The van der Waals surface area contributed by atoms with Gasteiger partial charge in [0.1, 0.15) is 5.82 Å². The van der Waals surface area contributed by atoms with Crippen molar-refractivity contribution in [3.05, 3.63) is 29.6 Å². The third-order valence-electron chi connectivity index (χ3n) is 2.59. The van der Waals surface area contributed by atoms with Crippen LogP contribution in [0.15, 0.2) is 23.4 Å². The highest BCUT2D eigenvalue weighted by Crippen LogP contribution is 2.18. The lowest BCUT2D eigenvalue weighted by Crippen LogP contribution is -2.29. The van der Waals surface area contributed by atoms with E-state index in [9.17, 15) is 14.0 Å². The average Bonchev–Trinajstić information content (AvgIpc) is 2.82. The molecule has 0 saturated carbocycles. The third-order valence-corrected chi connectivity index (χ3v) is 2.59. The molecule has 0 spiro atoms. The summed E-state index contributed by atoms with van der Waals surface area (Å²) < 4.78 is 13.5. The lowest BCUT2D eigenvalue weighted by Gasteiger charge is -2.10. The van der Waals surface area contributed by atoms with Crippen molar-refractivity contribution in [3.63, 3.8) is 0 Å². The van der Waals surface area contributed by atoms with Crippen LogP contribution in [0, 0.1) is 12.7 Å². The van der Waals surface area contributed by atoms with E-state index in [0.717, 1.165) is 5.56 Å². The summed E-state index contributed by atoms with van der Waals surface area (Å²) in [5.41, 5.74) is 0.511. The highest BCUT2D eigenvalue weighted by molar-refractivity contribution is 6.36. The van der Waals surface area contributed by atoms with Crippen LogP contribution in [-0.2, 0) is 14.4 Å². The van der Waals surface area contributed by atoms with Gasteiger partial charge in [0.15, 0.2) is 5.71 Å². The van der Waals surface area contributed by atoms with Crippen LogP contribution in [0.25, 0.3) is 0 Å². The van der Waals surface area contributed by atoms with Crippen LogP contribution in [0.5, 0.6) is 0 Å². The number of anilines is 1. The van der Waals surface area contributed by atoms with Gasteiger partial charge >= 0.3 is 5.97 Å². The van der Waals surface area contributed by atoms with Crippen LogP contribution in [0.3, 0.4) is 0 Å². The molecule has 2 N–H and O–H groups in total. The highest BCUT2D eigenvalue weighted by Gasteiger charge is 2.31. The molecule has 0 aromatic heterocycles. The molecule has 1 aromatic carbocycles. The van der Waals surface area contributed by atoms with Crippen molar-refractivity contribution in [2.24, 2.45) is 5.16 Å². The van der Waals surface area contributed by atoms with Crippen molar-refractivity contribution in [1.82, 2.24) is 0 Å². The first-order valence-electron chi connectivity index (χ1n) is 5.50. The van der Waals surface area contributed by atoms with Gasteiger partial charge in [-0.25, -0.2) is 9.18 Å². The number of aliphatic carboxylic acids is 1. The second-order valence-electron chi connectivity index (χ2n) is 4.11. The van der Waals surface area contributed by atoms with Gasteiger partial charge in [0.25, 0.3) is 5.91 Å². The van der Waals surface area contributed by atoms with E-state index < -0.39 is 23.8 Å². The fourth-order valence-electron chi connectivity index (χ4n) is 1.58. The first-order chi connectivity index (χ1) is 8.97. The fraction of sp³-hybridized carbons (Fsp3) is 0.250. The molecule has 1 heterocycles. The molecule has 0 fully saturated rings. The zero-order valence-electron chi connectivity index (χ0n) is 10.0. The largest absolute Gasteiger partial charge is 0.477 e. The Morgan fingerprint density at radius 1 is 1.53 bits per heavy atom. The summed E-state index contributed by atoms with van der Waals surface area (Å²) in [4.78, 5) is 27.1. The van der Waals surface area contributed by atoms with Crippen LogP contribution >= 0.6 is 0 Å². The minimum Gasteiger partial charge on any atom is -0.477 e. The molecule has 1 aliphatic rings. The number of carboxylic acids is 1. The molecular formula is C12H11FN2O4. The zero-order chi connectivity index (χ0) is 14.0. The van der Waals surface area contributed by atoms with Crippen LogP contribution < -0.4 is 5.32 Å². The van der Waals surface area contributed by atoms with Gasteiger partial charge in [-0.3, -0.25) is 4.79 Å². The number of carbonyl (C=O) groups is 2. The maximum absolute atomic E-state index is 13.5. The third kappa shape index (κ3) is 2.87. The maximum Gasteiger partial charge on any atom is 0.353 e. The predicted octanol–water partition coefficient (Wildman–Crippen LogP) is 1.30. The molecule has 0 bridgehead atoms. The van der Waals surface area contributed by atoms with Crippen molar-refractivity contribution in [2.45, 2.75) is 19.4 Å². The first-order valence-corrected chi connectivity index (χ1v) is 5.50. The molecule has 0 radical (unpaired) electrons. The minimum absolute atomic E-state index is 0.0166. The number of nitrogens with one attached hydrogen (secondary N) is 1. The Balaban J connectivity index is 2.01. The van der Waals surface area contributed by atoms with E-state index in [1.807, 2.05) is 0 Å². The number of hydrogen-bond acceptors (Lipinski definition) is 4. The number of aryl methyl sites for hydroxylation is 1. The van der Waals surface area contributed by atoms with Crippen molar-refractivity contribution in [1.29, 1.82) is 0 Å². The Morgan fingerprint density at radius 2 is 2.26 bits per heavy atom. The summed E-state index contributed by atoms with van der Waals surface area (Å²) in [6.45, 7) is 1.72. The van der Waals surface area contributed by atoms with E-state index in [1.165, 1.54) is 12.1 Å². The van der Waals surface area contributed by atoms with Crippen LogP contribution in [-0.4, -0.2) is 28.8 Å². The van der Waals surface area contributed by atoms with Crippen LogP contribution in [0.1, 0.15) is 12.0 Å². The van der Waals surface area contributed by atoms with Gasteiger partial charge in [0, 0.05) is 6.42 Å². The number of amides is 1. The number of oxime groups is 1. The van der Waals surface area contributed by atoms with Crippen LogP contribution in [0.4, 0.5) is 10.1 Å². The fourth-order valence-corrected chi connectivity index (χ4v) is 1.58. The molecule has 2 rings (SSSR count). The number of rotatable bonds is 3. The molecule has 0 aliphatic carbocycles. The van der Waals surface area contributed by atoms with Gasteiger partial charge in [-0.1, -0.05) is 11.2 Å². The number of carboxylic acid groups (broad SMARTS) is 1. The van der Waals surface area contributed by atoms with Gasteiger partial charge < -0.3 is 15.3 Å². The molecule has 1 aromatic rings. The first kappa shape index (κ1) is 13.0. The Labute approximate surface area is 107 Å². The number of nitrogens with zero attached hydrogens (tertiary/aromatic N) is 1. The Kier molecular flexibility index (Phi) is 3.46. The molecule has 1 unspecified atom stereocenters. The van der Waals surface area contributed by atoms with E-state index in [1.54, 1.807) is 13.0 Å². The summed E-state index contributed by atoms with van der Waals surface area (Å²) in [6.07, 6.45) is -1.19. The van der Waals surface area contributed by atoms with Crippen molar-refractivity contribution >= 4 is 23.3 Å². The van der Waals surface area contributed by atoms with Crippen LogP contribution in [0.2, 0.25) is 0 Å². The second kappa shape index (κ2) is 5.05. The SMILES string of the molecule is Cc1ccc(NC(=O)C2CC(C(=O)O)=NO2)c(F)c1. The molecule has 1 atom stereocenters.